The third kappa shape index (κ3) is 3.47. The Hall–Kier alpha value is -1.56. The van der Waals surface area contributed by atoms with Crippen molar-refractivity contribution in [3.8, 4) is 0 Å². The van der Waals surface area contributed by atoms with Crippen molar-refractivity contribution in [1.29, 1.82) is 0 Å². The molecule has 0 heterocycles. The van der Waals surface area contributed by atoms with E-state index in [0.29, 0.717) is 5.56 Å². The van der Waals surface area contributed by atoms with Crippen molar-refractivity contribution in [3.05, 3.63) is 63.6 Å². The van der Waals surface area contributed by atoms with Crippen LogP contribution in [0.1, 0.15) is 5.56 Å². The normalized spacial score (nSPS) is 10.6. The summed E-state index contributed by atoms with van der Waals surface area (Å²) in [5.74, 6) is -2.93. The third-order valence-electron chi connectivity index (χ3n) is 2.40. The van der Waals surface area contributed by atoms with E-state index in [1.165, 1.54) is 0 Å². The largest absolute Gasteiger partial charge is 0.378 e. The zero-order valence-electron chi connectivity index (χ0n) is 9.48. The summed E-state index contributed by atoms with van der Waals surface area (Å²) in [6, 6.07) is 4.82. The van der Waals surface area contributed by atoms with Gasteiger partial charge in [0.2, 0.25) is 0 Å². The fourth-order valence-corrected chi connectivity index (χ4v) is 2.16. The highest BCUT2D eigenvalue weighted by molar-refractivity contribution is 9.10. The van der Waals surface area contributed by atoms with Gasteiger partial charge in [-0.25, -0.2) is 17.6 Å². The number of benzene rings is 2. The topological polar surface area (TPSA) is 12.0 Å². The molecule has 0 radical (unpaired) electrons. The van der Waals surface area contributed by atoms with E-state index in [-0.39, 0.29) is 16.7 Å². The second kappa shape index (κ2) is 5.61. The lowest BCUT2D eigenvalue weighted by atomic mass is 10.2. The maximum absolute atomic E-state index is 13.5. The van der Waals surface area contributed by atoms with Gasteiger partial charge < -0.3 is 5.32 Å². The van der Waals surface area contributed by atoms with Crippen molar-refractivity contribution in [2.75, 3.05) is 5.32 Å². The summed E-state index contributed by atoms with van der Waals surface area (Å²) in [5, 5.41) is 2.66. The highest BCUT2D eigenvalue weighted by Gasteiger charge is 2.09. The Bertz CT molecular complexity index is 572. The molecule has 0 spiro atoms. The second-order valence-electron chi connectivity index (χ2n) is 3.88. The first-order valence-electron chi connectivity index (χ1n) is 5.29. The zero-order chi connectivity index (χ0) is 14.0. The molecule has 0 saturated carbocycles. The summed E-state index contributed by atoms with van der Waals surface area (Å²) in [5.41, 5.74) is 0.346. The molecule has 100 valence electrons. The minimum Gasteiger partial charge on any atom is -0.378 e. The molecule has 0 unspecified atom stereocenters. The van der Waals surface area contributed by atoms with Crippen LogP contribution < -0.4 is 5.32 Å². The van der Waals surface area contributed by atoms with Crippen LogP contribution in [0.4, 0.5) is 23.2 Å². The lowest BCUT2D eigenvalue weighted by Gasteiger charge is -2.10. The molecule has 0 bridgehead atoms. The van der Waals surface area contributed by atoms with Gasteiger partial charge in [0.05, 0.1) is 5.69 Å². The summed E-state index contributed by atoms with van der Waals surface area (Å²) < 4.78 is 52.5. The maximum atomic E-state index is 13.5. The minimum absolute atomic E-state index is 0.00975. The maximum Gasteiger partial charge on any atom is 0.150 e. The van der Waals surface area contributed by atoms with Crippen LogP contribution in [0.3, 0.4) is 0 Å². The van der Waals surface area contributed by atoms with Crippen molar-refractivity contribution >= 4 is 21.6 Å². The smallest absolute Gasteiger partial charge is 0.150 e. The van der Waals surface area contributed by atoms with Crippen LogP contribution in [-0.2, 0) is 6.54 Å². The molecule has 0 aliphatic carbocycles. The summed E-state index contributed by atoms with van der Waals surface area (Å²) in [7, 11) is 0. The van der Waals surface area contributed by atoms with Gasteiger partial charge in [-0.3, -0.25) is 0 Å². The summed E-state index contributed by atoms with van der Waals surface area (Å²) in [6.07, 6.45) is 0. The molecule has 6 heteroatoms. The number of hydrogen-bond donors (Lipinski definition) is 1. The van der Waals surface area contributed by atoms with Crippen molar-refractivity contribution in [3.63, 3.8) is 0 Å². The van der Waals surface area contributed by atoms with Gasteiger partial charge in [-0.05, 0) is 39.7 Å². The highest BCUT2D eigenvalue weighted by Crippen LogP contribution is 2.27. The van der Waals surface area contributed by atoms with Crippen molar-refractivity contribution in [1.82, 2.24) is 0 Å². The molecule has 19 heavy (non-hydrogen) atoms. The Morgan fingerprint density at radius 3 is 2.00 bits per heavy atom. The Balaban J connectivity index is 2.19. The summed E-state index contributed by atoms with van der Waals surface area (Å²) >= 11 is 3.01. The first-order valence-corrected chi connectivity index (χ1v) is 6.08. The molecule has 0 aliphatic rings. The average molecular weight is 334 g/mol. The average Bonchev–Trinajstić information content (AvgIpc) is 2.25. The molecule has 2 aromatic rings. The Labute approximate surface area is 115 Å². The lowest BCUT2D eigenvalue weighted by molar-refractivity contribution is 0.579. The zero-order valence-corrected chi connectivity index (χ0v) is 11.1. The Morgan fingerprint density at radius 1 is 0.842 bits per heavy atom. The van der Waals surface area contributed by atoms with E-state index >= 15 is 0 Å². The predicted octanol–water partition coefficient (Wildman–Crippen LogP) is 4.62. The first-order chi connectivity index (χ1) is 8.95. The number of hydrogen-bond acceptors (Lipinski definition) is 1. The molecular weight excluding hydrogens is 326 g/mol. The van der Waals surface area contributed by atoms with Gasteiger partial charge in [0.15, 0.2) is 0 Å². The predicted molar refractivity (Wildman–Crippen MR) is 67.7 cm³/mol. The lowest BCUT2D eigenvalue weighted by Crippen LogP contribution is -2.03. The molecular formula is C13H8BrF4N. The van der Waals surface area contributed by atoms with Gasteiger partial charge in [-0.1, -0.05) is 0 Å². The van der Waals surface area contributed by atoms with Crippen molar-refractivity contribution in [2.45, 2.75) is 6.54 Å². The Morgan fingerprint density at radius 2 is 1.42 bits per heavy atom. The number of anilines is 1. The minimum atomic E-state index is -0.788. The van der Waals surface area contributed by atoms with Gasteiger partial charge in [-0.15, -0.1) is 0 Å². The number of rotatable bonds is 3. The van der Waals surface area contributed by atoms with E-state index in [1.54, 1.807) is 0 Å². The molecule has 0 amide bonds. The van der Waals surface area contributed by atoms with Crippen LogP contribution in [0.25, 0.3) is 0 Å². The van der Waals surface area contributed by atoms with Crippen molar-refractivity contribution < 1.29 is 17.6 Å². The Kier molecular flexibility index (Phi) is 4.09. The van der Waals surface area contributed by atoms with E-state index in [2.05, 4.69) is 21.2 Å². The van der Waals surface area contributed by atoms with Gasteiger partial charge in [-0.2, -0.15) is 0 Å². The van der Waals surface area contributed by atoms with Crippen LogP contribution in [0.5, 0.6) is 0 Å². The molecule has 1 N–H and O–H groups in total. The van der Waals surface area contributed by atoms with Gasteiger partial charge in [0.25, 0.3) is 0 Å². The molecule has 2 aromatic carbocycles. The quantitative estimate of drug-likeness (QED) is 0.808. The molecule has 0 aliphatic heterocycles. The van der Waals surface area contributed by atoms with E-state index in [0.717, 1.165) is 30.3 Å². The first kappa shape index (κ1) is 13.9. The van der Waals surface area contributed by atoms with Gasteiger partial charge in [0, 0.05) is 23.2 Å². The van der Waals surface area contributed by atoms with Gasteiger partial charge >= 0.3 is 0 Å². The second-order valence-corrected chi connectivity index (χ2v) is 4.73. The van der Waals surface area contributed by atoms with E-state index in [9.17, 15) is 17.6 Å². The van der Waals surface area contributed by atoms with E-state index in [4.69, 9.17) is 0 Å². The molecule has 2 rings (SSSR count). The molecule has 0 atom stereocenters. The fraction of sp³-hybridized carbons (Fsp3) is 0.0769. The molecule has 0 fully saturated rings. The molecule has 0 aromatic heterocycles. The number of halogens is 5. The number of nitrogens with one attached hydrogen (secondary N) is 1. The highest BCUT2D eigenvalue weighted by atomic mass is 79.9. The van der Waals surface area contributed by atoms with Crippen LogP contribution in [0.2, 0.25) is 0 Å². The van der Waals surface area contributed by atoms with Crippen LogP contribution in [0, 0.1) is 23.3 Å². The van der Waals surface area contributed by atoms with Crippen molar-refractivity contribution in [2.24, 2.45) is 0 Å². The molecule has 1 nitrogen and oxygen atoms in total. The van der Waals surface area contributed by atoms with E-state index < -0.39 is 23.3 Å². The van der Waals surface area contributed by atoms with Crippen LogP contribution in [-0.4, -0.2) is 0 Å². The standard InChI is InChI=1S/C13H8BrF4N/c14-11-4-10(17)5-12(18)13(11)19-6-7-1-8(15)3-9(16)2-7/h1-5,19H,6H2. The summed E-state index contributed by atoms with van der Waals surface area (Å²) in [4.78, 5) is 0. The van der Waals surface area contributed by atoms with Crippen LogP contribution in [0.15, 0.2) is 34.8 Å². The monoisotopic (exact) mass is 333 g/mol. The summed E-state index contributed by atoms with van der Waals surface area (Å²) in [6.45, 7) is 0.00975. The third-order valence-corrected chi connectivity index (χ3v) is 3.02. The van der Waals surface area contributed by atoms with E-state index in [1.807, 2.05) is 0 Å². The van der Waals surface area contributed by atoms with Gasteiger partial charge in [0.1, 0.15) is 23.3 Å². The van der Waals surface area contributed by atoms with Crippen LogP contribution >= 0.6 is 15.9 Å². The SMILES string of the molecule is Fc1cc(F)cc(CNc2c(F)cc(F)cc2Br)c1. The fourth-order valence-electron chi connectivity index (χ4n) is 1.61. The molecule has 0 saturated heterocycles.